The molecule has 1 aliphatic rings. The predicted octanol–water partition coefficient (Wildman–Crippen LogP) is 2.84. The van der Waals surface area contributed by atoms with E-state index in [0.29, 0.717) is 31.2 Å². The fourth-order valence-electron chi connectivity index (χ4n) is 3.42. The summed E-state index contributed by atoms with van der Waals surface area (Å²) in [6, 6.07) is 7.43. The van der Waals surface area contributed by atoms with Crippen molar-refractivity contribution < 1.29 is 18.8 Å². The number of amides is 2. The third-order valence-corrected chi connectivity index (χ3v) is 5.22. The summed E-state index contributed by atoms with van der Waals surface area (Å²) in [4.78, 5) is 19.0. The van der Waals surface area contributed by atoms with Gasteiger partial charge in [0.15, 0.2) is 5.82 Å². The van der Waals surface area contributed by atoms with Crippen molar-refractivity contribution in [2.24, 2.45) is 0 Å². The second-order valence-electron chi connectivity index (χ2n) is 7.72. The number of urea groups is 1. The molecule has 8 nitrogen and oxygen atoms in total. The van der Waals surface area contributed by atoms with E-state index in [9.17, 15) is 4.79 Å². The van der Waals surface area contributed by atoms with Gasteiger partial charge in [0, 0.05) is 32.0 Å². The van der Waals surface area contributed by atoms with E-state index in [0.717, 1.165) is 11.3 Å². The van der Waals surface area contributed by atoms with E-state index in [4.69, 9.17) is 14.0 Å². The van der Waals surface area contributed by atoms with E-state index in [2.05, 4.69) is 29.3 Å². The van der Waals surface area contributed by atoms with E-state index >= 15 is 0 Å². The SMILES string of the molecule is COc1cccc(C(C)(C)CNC(=O)N2C[C@@H](OC)C[C@@H]2c2nc(C)no2)c1. The monoisotopic (exact) mass is 388 g/mol. The van der Waals surface area contributed by atoms with Crippen molar-refractivity contribution >= 4 is 6.03 Å². The Balaban J connectivity index is 1.70. The number of hydrogen-bond donors (Lipinski definition) is 1. The van der Waals surface area contributed by atoms with Crippen molar-refractivity contribution in [1.29, 1.82) is 0 Å². The first-order valence-electron chi connectivity index (χ1n) is 9.36. The number of nitrogens with one attached hydrogen (secondary N) is 1. The molecule has 2 aromatic rings. The van der Waals surface area contributed by atoms with Gasteiger partial charge in [-0.3, -0.25) is 0 Å². The normalized spacial score (nSPS) is 19.7. The molecule has 0 spiro atoms. The topological polar surface area (TPSA) is 89.7 Å². The largest absolute Gasteiger partial charge is 0.497 e. The maximum Gasteiger partial charge on any atom is 0.318 e. The summed E-state index contributed by atoms with van der Waals surface area (Å²) < 4.78 is 16.1. The van der Waals surface area contributed by atoms with Gasteiger partial charge in [0.2, 0.25) is 5.89 Å². The van der Waals surface area contributed by atoms with Gasteiger partial charge in [0.1, 0.15) is 11.8 Å². The molecule has 2 amide bonds. The Kier molecular flexibility index (Phi) is 5.88. The molecule has 2 atom stereocenters. The van der Waals surface area contributed by atoms with Gasteiger partial charge in [-0.1, -0.05) is 31.1 Å². The molecule has 1 saturated heterocycles. The van der Waals surface area contributed by atoms with Crippen molar-refractivity contribution in [2.45, 2.75) is 44.8 Å². The standard InChI is InChI=1S/C20H28N4O4/c1-13-22-18(28-23-13)17-10-16(27-5)11-24(17)19(25)21-12-20(2,3)14-7-6-8-15(9-14)26-4/h6-9,16-17H,10-12H2,1-5H3,(H,21,25)/t16-,17+/m0/s1. The minimum absolute atomic E-state index is 0.0608. The number of carbonyl (C=O) groups excluding carboxylic acids is 1. The lowest BCUT2D eigenvalue weighted by Gasteiger charge is -2.29. The molecule has 152 valence electrons. The molecule has 1 fully saturated rings. The Morgan fingerprint density at radius 3 is 2.82 bits per heavy atom. The third-order valence-electron chi connectivity index (χ3n) is 5.22. The molecular weight excluding hydrogens is 360 g/mol. The number of ether oxygens (including phenoxy) is 2. The van der Waals surface area contributed by atoms with Crippen molar-refractivity contribution in [2.75, 3.05) is 27.3 Å². The number of methoxy groups -OCH3 is 2. The highest BCUT2D eigenvalue weighted by molar-refractivity contribution is 5.75. The summed E-state index contributed by atoms with van der Waals surface area (Å²) in [5.41, 5.74) is 0.827. The van der Waals surface area contributed by atoms with Crippen LogP contribution in [0.25, 0.3) is 0 Å². The summed E-state index contributed by atoms with van der Waals surface area (Å²) in [7, 11) is 3.29. The van der Waals surface area contributed by atoms with E-state index in [-0.39, 0.29) is 23.6 Å². The highest BCUT2D eigenvalue weighted by Gasteiger charge is 2.40. The lowest BCUT2D eigenvalue weighted by molar-refractivity contribution is 0.110. The van der Waals surface area contributed by atoms with Gasteiger partial charge in [-0.05, 0) is 24.6 Å². The van der Waals surface area contributed by atoms with Crippen molar-refractivity contribution in [3.8, 4) is 5.75 Å². The average molecular weight is 388 g/mol. The first-order chi connectivity index (χ1) is 13.3. The van der Waals surface area contributed by atoms with E-state index in [1.807, 2.05) is 24.3 Å². The van der Waals surface area contributed by atoms with Gasteiger partial charge in [0.05, 0.1) is 13.2 Å². The van der Waals surface area contributed by atoms with Gasteiger partial charge in [0.25, 0.3) is 0 Å². The molecule has 1 N–H and O–H groups in total. The average Bonchev–Trinajstić information content (AvgIpc) is 3.32. The molecule has 0 aliphatic carbocycles. The van der Waals surface area contributed by atoms with Crippen LogP contribution >= 0.6 is 0 Å². The quantitative estimate of drug-likeness (QED) is 0.818. The number of likely N-dealkylation sites (tertiary alicyclic amines) is 1. The fraction of sp³-hybridized carbons (Fsp3) is 0.550. The van der Waals surface area contributed by atoms with Gasteiger partial charge in [-0.25, -0.2) is 4.79 Å². The van der Waals surface area contributed by atoms with Crippen LogP contribution in [-0.4, -0.2) is 54.5 Å². The summed E-state index contributed by atoms with van der Waals surface area (Å²) in [6.45, 7) is 6.89. The number of nitrogens with zero attached hydrogens (tertiary/aromatic N) is 3. The van der Waals surface area contributed by atoms with Crippen LogP contribution in [0.4, 0.5) is 4.79 Å². The summed E-state index contributed by atoms with van der Waals surface area (Å²) >= 11 is 0. The second kappa shape index (κ2) is 8.18. The zero-order valence-corrected chi connectivity index (χ0v) is 17.1. The molecule has 2 heterocycles. The van der Waals surface area contributed by atoms with Crippen LogP contribution in [-0.2, 0) is 10.2 Å². The van der Waals surface area contributed by atoms with Crippen molar-refractivity contribution in [1.82, 2.24) is 20.4 Å². The Labute approximate surface area is 165 Å². The summed E-state index contributed by atoms with van der Waals surface area (Å²) in [6.07, 6.45) is 0.569. The van der Waals surface area contributed by atoms with E-state index in [1.54, 1.807) is 26.0 Å². The first-order valence-corrected chi connectivity index (χ1v) is 9.36. The Hall–Kier alpha value is -2.61. The maximum absolute atomic E-state index is 12.9. The van der Waals surface area contributed by atoms with E-state index < -0.39 is 0 Å². The second-order valence-corrected chi connectivity index (χ2v) is 7.72. The van der Waals surface area contributed by atoms with Crippen LogP contribution in [0.2, 0.25) is 0 Å². The van der Waals surface area contributed by atoms with Gasteiger partial charge in [-0.2, -0.15) is 4.98 Å². The number of aryl methyl sites for hydroxylation is 1. The summed E-state index contributed by atoms with van der Waals surface area (Å²) in [5, 5.41) is 6.90. The van der Waals surface area contributed by atoms with Crippen molar-refractivity contribution in [3.63, 3.8) is 0 Å². The minimum Gasteiger partial charge on any atom is -0.497 e. The van der Waals surface area contributed by atoms with Crippen LogP contribution in [0.3, 0.4) is 0 Å². The number of benzene rings is 1. The molecule has 1 aromatic heterocycles. The van der Waals surface area contributed by atoms with Gasteiger partial charge < -0.3 is 24.2 Å². The smallest absolute Gasteiger partial charge is 0.318 e. The van der Waals surface area contributed by atoms with Gasteiger partial charge >= 0.3 is 6.03 Å². The molecular formula is C20H28N4O4. The Morgan fingerprint density at radius 1 is 1.39 bits per heavy atom. The highest BCUT2D eigenvalue weighted by atomic mass is 16.5. The molecule has 28 heavy (non-hydrogen) atoms. The highest BCUT2D eigenvalue weighted by Crippen LogP contribution is 2.33. The first kappa shape index (κ1) is 20.1. The van der Waals surface area contributed by atoms with Crippen LogP contribution in [0.15, 0.2) is 28.8 Å². The summed E-state index contributed by atoms with van der Waals surface area (Å²) in [5.74, 6) is 1.79. The van der Waals surface area contributed by atoms with Crippen molar-refractivity contribution in [3.05, 3.63) is 41.5 Å². The molecule has 0 unspecified atom stereocenters. The fourth-order valence-corrected chi connectivity index (χ4v) is 3.42. The molecule has 0 radical (unpaired) electrons. The molecule has 0 bridgehead atoms. The van der Waals surface area contributed by atoms with Crippen LogP contribution in [0.5, 0.6) is 5.75 Å². The predicted molar refractivity (Wildman–Crippen MR) is 103 cm³/mol. The number of hydrogen-bond acceptors (Lipinski definition) is 6. The zero-order valence-electron chi connectivity index (χ0n) is 17.1. The third kappa shape index (κ3) is 4.27. The molecule has 1 aromatic carbocycles. The van der Waals surface area contributed by atoms with Gasteiger partial charge in [-0.15, -0.1) is 0 Å². The lowest BCUT2D eigenvalue weighted by Crippen LogP contribution is -2.45. The van der Waals surface area contributed by atoms with Crippen LogP contribution in [0.1, 0.15) is 43.6 Å². The molecule has 3 rings (SSSR count). The number of aromatic nitrogens is 2. The zero-order chi connectivity index (χ0) is 20.3. The molecule has 0 saturated carbocycles. The maximum atomic E-state index is 12.9. The molecule has 1 aliphatic heterocycles. The lowest BCUT2D eigenvalue weighted by atomic mass is 9.84. The Morgan fingerprint density at radius 2 is 2.18 bits per heavy atom. The minimum atomic E-state index is -0.286. The Bertz CT molecular complexity index is 820. The van der Waals surface area contributed by atoms with Crippen LogP contribution < -0.4 is 10.1 Å². The molecule has 8 heteroatoms. The van der Waals surface area contributed by atoms with E-state index in [1.165, 1.54) is 0 Å². The number of carbonyl (C=O) groups is 1. The number of rotatable bonds is 6. The van der Waals surface area contributed by atoms with Crippen LogP contribution in [0, 0.1) is 6.92 Å².